The fourth-order valence-electron chi connectivity index (χ4n) is 1.98. The van der Waals surface area contributed by atoms with Gasteiger partial charge in [-0.05, 0) is 48.7 Å². The first-order valence-corrected chi connectivity index (χ1v) is 7.33. The highest BCUT2D eigenvalue weighted by Gasteiger charge is 2.11. The van der Waals surface area contributed by atoms with Crippen molar-refractivity contribution in [1.82, 2.24) is 5.32 Å². The van der Waals surface area contributed by atoms with Gasteiger partial charge in [-0.2, -0.15) is 0 Å². The lowest BCUT2D eigenvalue weighted by Crippen LogP contribution is -2.18. The molecule has 17 heavy (non-hydrogen) atoms. The molecule has 1 heterocycles. The van der Waals surface area contributed by atoms with Crippen LogP contribution in [0.1, 0.15) is 22.0 Å². The van der Waals surface area contributed by atoms with Gasteiger partial charge in [-0.25, -0.2) is 0 Å². The second kappa shape index (κ2) is 5.80. The number of halogens is 1. The number of hydrogen-bond donors (Lipinski definition) is 1. The van der Waals surface area contributed by atoms with Crippen LogP contribution in [0.15, 0.2) is 40.2 Å². The highest BCUT2D eigenvalue weighted by molar-refractivity contribution is 9.10. The number of hydrogen-bond acceptors (Lipinski definition) is 2. The van der Waals surface area contributed by atoms with Gasteiger partial charge in [-0.15, -0.1) is 11.3 Å². The molecule has 0 aliphatic carbocycles. The van der Waals surface area contributed by atoms with Crippen molar-refractivity contribution in [1.29, 1.82) is 0 Å². The fourth-order valence-corrected chi connectivity index (χ4v) is 3.36. The van der Waals surface area contributed by atoms with E-state index in [1.807, 2.05) is 18.4 Å². The molecule has 1 aromatic carbocycles. The second-order valence-corrected chi connectivity index (χ2v) is 6.13. The maximum absolute atomic E-state index is 3.56. The molecule has 0 aliphatic heterocycles. The normalized spacial score (nSPS) is 12.6. The van der Waals surface area contributed by atoms with E-state index in [9.17, 15) is 0 Å². The van der Waals surface area contributed by atoms with Gasteiger partial charge in [0.2, 0.25) is 0 Å². The average molecular weight is 310 g/mol. The minimum absolute atomic E-state index is 0.379. The van der Waals surface area contributed by atoms with Crippen molar-refractivity contribution in [2.24, 2.45) is 0 Å². The van der Waals surface area contributed by atoms with Crippen LogP contribution in [0.4, 0.5) is 0 Å². The van der Waals surface area contributed by atoms with Gasteiger partial charge in [0.25, 0.3) is 0 Å². The zero-order valence-corrected chi connectivity index (χ0v) is 12.4. The zero-order chi connectivity index (χ0) is 12.3. The molecule has 1 N–H and O–H groups in total. The summed E-state index contributed by atoms with van der Waals surface area (Å²) < 4.78 is 1.15. The van der Waals surface area contributed by atoms with Crippen LogP contribution in [0.2, 0.25) is 0 Å². The summed E-state index contributed by atoms with van der Waals surface area (Å²) in [6.45, 7) is 2.13. The molecule has 0 fully saturated rings. The molecular weight excluding hydrogens is 294 g/mol. The molecule has 0 bridgehead atoms. The summed E-state index contributed by atoms with van der Waals surface area (Å²) in [7, 11) is 2.02. The third-order valence-corrected chi connectivity index (χ3v) is 4.16. The lowest BCUT2D eigenvalue weighted by molar-refractivity contribution is 0.596. The number of rotatable bonds is 4. The Labute approximate surface area is 115 Å². The Hall–Kier alpha value is -0.640. The number of thiophene rings is 1. The Balaban J connectivity index is 2.22. The molecule has 1 aromatic heterocycles. The van der Waals surface area contributed by atoms with E-state index < -0.39 is 0 Å². The quantitative estimate of drug-likeness (QED) is 0.886. The van der Waals surface area contributed by atoms with E-state index in [1.165, 1.54) is 16.0 Å². The molecule has 0 spiro atoms. The summed E-state index contributed by atoms with van der Waals surface area (Å²) in [6.07, 6.45) is 1.05. The standard InChI is InChI=1S/C14H16BrNS/c1-10-6-11(8-12(15)7-10)14(16-2)9-13-4-3-5-17-13/h3-8,14,16H,9H2,1-2H3. The van der Waals surface area contributed by atoms with Gasteiger partial charge in [0.05, 0.1) is 0 Å². The van der Waals surface area contributed by atoms with Gasteiger partial charge in [-0.1, -0.05) is 28.1 Å². The van der Waals surface area contributed by atoms with E-state index in [2.05, 4.69) is 63.9 Å². The minimum atomic E-state index is 0.379. The molecule has 0 radical (unpaired) electrons. The number of likely N-dealkylation sites (N-methyl/N-ethyl adjacent to an activating group) is 1. The van der Waals surface area contributed by atoms with E-state index in [0.29, 0.717) is 6.04 Å². The molecule has 0 saturated heterocycles. The average Bonchev–Trinajstić information content (AvgIpc) is 2.77. The van der Waals surface area contributed by atoms with Crippen LogP contribution in [-0.2, 0) is 6.42 Å². The first-order chi connectivity index (χ1) is 8.19. The SMILES string of the molecule is CNC(Cc1cccs1)c1cc(C)cc(Br)c1. The van der Waals surface area contributed by atoms with Gasteiger partial charge in [0.1, 0.15) is 0 Å². The monoisotopic (exact) mass is 309 g/mol. The molecule has 2 rings (SSSR count). The molecule has 0 aliphatic rings. The predicted molar refractivity (Wildman–Crippen MR) is 78.7 cm³/mol. The van der Waals surface area contributed by atoms with Crippen LogP contribution in [0.5, 0.6) is 0 Å². The number of benzene rings is 1. The maximum atomic E-state index is 3.56. The molecule has 0 amide bonds. The third kappa shape index (κ3) is 3.41. The Morgan fingerprint density at radius 2 is 2.18 bits per heavy atom. The Kier molecular flexibility index (Phi) is 4.37. The molecule has 1 atom stereocenters. The smallest absolute Gasteiger partial charge is 0.0366 e. The molecule has 90 valence electrons. The predicted octanol–water partition coefficient (Wildman–Crippen LogP) is 4.32. The largest absolute Gasteiger partial charge is 0.313 e. The Morgan fingerprint density at radius 3 is 2.76 bits per heavy atom. The van der Waals surface area contributed by atoms with Crippen molar-refractivity contribution in [3.63, 3.8) is 0 Å². The zero-order valence-electron chi connectivity index (χ0n) is 10.0. The summed E-state index contributed by atoms with van der Waals surface area (Å²) in [6, 6.07) is 11.3. The minimum Gasteiger partial charge on any atom is -0.313 e. The van der Waals surface area contributed by atoms with Gasteiger partial charge < -0.3 is 5.32 Å². The van der Waals surface area contributed by atoms with Crippen LogP contribution < -0.4 is 5.32 Å². The Morgan fingerprint density at radius 1 is 1.35 bits per heavy atom. The molecular formula is C14H16BrNS. The molecule has 2 aromatic rings. The van der Waals surface area contributed by atoms with Crippen molar-refractivity contribution < 1.29 is 0 Å². The Bertz CT molecular complexity index is 459. The van der Waals surface area contributed by atoms with Crippen LogP contribution in [0.25, 0.3) is 0 Å². The number of aryl methyl sites for hydroxylation is 1. The van der Waals surface area contributed by atoms with E-state index in [1.54, 1.807) is 0 Å². The second-order valence-electron chi connectivity index (χ2n) is 4.19. The third-order valence-electron chi connectivity index (χ3n) is 2.80. The van der Waals surface area contributed by atoms with E-state index in [-0.39, 0.29) is 0 Å². The van der Waals surface area contributed by atoms with E-state index in [4.69, 9.17) is 0 Å². The maximum Gasteiger partial charge on any atom is 0.0366 e. The van der Waals surface area contributed by atoms with Gasteiger partial charge in [-0.3, -0.25) is 0 Å². The van der Waals surface area contributed by atoms with Crippen molar-refractivity contribution in [2.45, 2.75) is 19.4 Å². The summed E-state index contributed by atoms with van der Waals surface area (Å²) in [5.41, 5.74) is 2.63. The fraction of sp³-hybridized carbons (Fsp3) is 0.286. The molecule has 1 nitrogen and oxygen atoms in total. The summed E-state index contributed by atoms with van der Waals surface area (Å²) in [5, 5.41) is 5.53. The van der Waals surface area contributed by atoms with Crippen molar-refractivity contribution in [3.8, 4) is 0 Å². The van der Waals surface area contributed by atoms with Crippen molar-refractivity contribution >= 4 is 27.3 Å². The van der Waals surface area contributed by atoms with Crippen LogP contribution in [0.3, 0.4) is 0 Å². The van der Waals surface area contributed by atoms with Crippen molar-refractivity contribution in [2.75, 3.05) is 7.05 Å². The summed E-state index contributed by atoms with van der Waals surface area (Å²) >= 11 is 5.38. The first-order valence-electron chi connectivity index (χ1n) is 5.66. The molecule has 0 saturated carbocycles. The van der Waals surface area contributed by atoms with Gasteiger partial charge in [0, 0.05) is 21.8 Å². The highest BCUT2D eigenvalue weighted by Crippen LogP contribution is 2.24. The van der Waals surface area contributed by atoms with Crippen LogP contribution in [-0.4, -0.2) is 7.05 Å². The van der Waals surface area contributed by atoms with Gasteiger partial charge >= 0.3 is 0 Å². The highest BCUT2D eigenvalue weighted by atomic mass is 79.9. The summed E-state index contributed by atoms with van der Waals surface area (Å²) in [5.74, 6) is 0. The number of nitrogens with one attached hydrogen (secondary N) is 1. The lowest BCUT2D eigenvalue weighted by atomic mass is 10.0. The topological polar surface area (TPSA) is 12.0 Å². The van der Waals surface area contributed by atoms with Crippen LogP contribution in [0, 0.1) is 6.92 Å². The van der Waals surface area contributed by atoms with E-state index in [0.717, 1.165) is 10.9 Å². The van der Waals surface area contributed by atoms with Crippen LogP contribution >= 0.6 is 27.3 Å². The van der Waals surface area contributed by atoms with Crippen molar-refractivity contribution in [3.05, 3.63) is 56.2 Å². The first kappa shape index (κ1) is 12.8. The lowest BCUT2D eigenvalue weighted by Gasteiger charge is -2.17. The van der Waals surface area contributed by atoms with Gasteiger partial charge in [0.15, 0.2) is 0 Å². The molecule has 3 heteroatoms. The molecule has 1 unspecified atom stereocenters. The summed E-state index contributed by atoms with van der Waals surface area (Å²) in [4.78, 5) is 1.42. The van der Waals surface area contributed by atoms with E-state index >= 15 is 0 Å².